The first-order valence-corrected chi connectivity index (χ1v) is 8.12. The first-order valence-electron chi connectivity index (χ1n) is 8.12. The van der Waals surface area contributed by atoms with Crippen LogP contribution < -0.4 is 5.32 Å². The number of carbonyl (C=O) groups excluding carboxylic acids is 1. The van der Waals surface area contributed by atoms with Crippen molar-refractivity contribution in [1.29, 1.82) is 0 Å². The fraction of sp³-hybridized carbons (Fsp3) is 0.294. The molecule has 0 aromatic carbocycles. The van der Waals surface area contributed by atoms with E-state index in [-0.39, 0.29) is 5.91 Å². The van der Waals surface area contributed by atoms with Crippen LogP contribution in [0.3, 0.4) is 0 Å². The number of nitrogens with one attached hydrogen (secondary N) is 2. The van der Waals surface area contributed by atoms with E-state index in [4.69, 9.17) is 0 Å². The number of aromatic amines is 1. The molecule has 1 amide bonds. The van der Waals surface area contributed by atoms with Crippen LogP contribution in [0.1, 0.15) is 42.2 Å². The predicted octanol–water partition coefficient (Wildman–Crippen LogP) is 3.04. The molecule has 3 heterocycles. The minimum absolute atomic E-state index is 0.245. The highest BCUT2D eigenvalue weighted by Gasteiger charge is 2.20. The highest BCUT2D eigenvalue weighted by molar-refractivity contribution is 6.04. The molecular weight excluding hydrogens is 304 g/mol. The number of hydrogen-bond donors (Lipinski definition) is 2. The number of hydrogen-bond acceptors (Lipinski definition) is 4. The normalized spacial score (nSPS) is 14.8. The van der Waals surface area contributed by atoms with Gasteiger partial charge in [0.1, 0.15) is 5.69 Å². The van der Waals surface area contributed by atoms with Crippen molar-refractivity contribution in [3.05, 3.63) is 48.5 Å². The van der Waals surface area contributed by atoms with Crippen molar-refractivity contribution in [3.8, 4) is 11.4 Å². The maximum absolute atomic E-state index is 12.5. The van der Waals surface area contributed by atoms with Gasteiger partial charge in [-0.3, -0.25) is 19.6 Å². The van der Waals surface area contributed by atoms with Gasteiger partial charge in [-0.1, -0.05) is 18.9 Å². The van der Waals surface area contributed by atoms with Crippen LogP contribution in [-0.4, -0.2) is 30.9 Å². The second-order valence-electron chi connectivity index (χ2n) is 5.95. The lowest BCUT2D eigenvalue weighted by atomic mass is 10.2. The molecule has 2 N–H and O–H groups in total. The fourth-order valence-electron chi connectivity index (χ4n) is 3.10. The zero-order valence-corrected chi connectivity index (χ0v) is 13.1. The monoisotopic (exact) mass is 322 g/mol. The number of amides is 1. The van der Waals surface area contributed by atoms with Gasteiger partial charge in [-0.2, -0.15) is 10.2 Å². The molecule has 122 valence electrons. The van der Waals surface area contributed by atoms with E-state index in [0.29, 0.717) is 23.1 Å². The van der Waals surface area contributed by atoms with E-state index < -0.39 is 0 Å². The van der Waals surface area contributed by atoms with Crippen LogP contribution in [0, 0.1) is 0 Å². The van der Waals surface area contributed by atoms with Gasteiger partial charge in [0.05, 0.1) is 23.6 Å². The Morgan fingerprint density at radius 3 is 2.92 bits per heavy atom. The number of pyridine rings is 1. The molecule has 1 fully saturated rings. The Labute approximate surface area is 139 Å². The molecule has 3 aromatic heterocycles. The summed E-state index contributed by atoms with van der Waals surface area (Å²) >= 11 is 0. The predicted molar refractivity (Wildman–Crippen MR) is 89.5 cm³/mol. The van der Waals surface area contributed by atoms with Gasteiger partial charge in [0.15, 0.2) is 5.69 Å². The molecule has 0 bridgehead atoms. The third-order valence-electron chi connectivity index (χ3n) is 4.35. The molecule has 0 radical (unpaired) electrons. The van der Waals surface area contributed by atoms with Gasteiger partial charge in [0, 0.05) is 12.4 Å². The van der Waals surface area contributed by atoms with Crippen LogP contribution in [0.25, 0.3) is 11.4 Å². The van der Waals surface area contributed by atoms with E-state index in [1.165, 1.54) is 12.8 Å². The molecule has 1 aliphatic carbocycles. The number of H-pyrrole nitrogens is 1. The molecule has 7 heteroatoms. The number of rotatable bonds is 4. The fourth-order valence-corrected chi connectivity index (χ4v) is 3.10. The molecule has 3 aromatic rings. The van der Waals surface area contributed by atoms with Crippen molar-refractivity contribution in [2.45, 2.75) is 31.7 Å². The Morgan fingerprint density at radius 1 is 1.25 bits per heavy atom. The largest absolute Gasteiger partial charge is 0.317 e. The lowest BCUT2D eigenvalue weighted by Crippen LogP contribution is -2.14. The molecule has 0 atom stereocenters. The Morgan fingerprint density at radius 2 is 2.12 bits per heavy atom. The zero-order valence-electron chi connectivity index (χ0n) is 13.1. The van der Waals surface area contributed by atoms with E-state index in [9.17, 15) is 4.79 Å². The summed E-state index contributed by atoms with van der Waals surface area (Å²) in [6.07, 6.45) is 9.90. The van der Waals surface area contributed by atoms with Crippen molar-refractivity contribution in [1.82, 2.24) is 25.0 Å². The second-order valence-corrected chi connectivity index (χ2v) is 5.95. The second kappa shape index (κ2) is 6.27. The van der Waals surface area contributed by atoms with E-state index >= 15 is 0 Å². The van der Waals surface area contributed by atoms with Crippen molar-refractivity contribution >= 4 is 11.6 Å². The van der Waals surface area contributed by atoms with Gasteiger partial charge in [-0.05, 0) is 31.0 Å². The summed E-state index contributed by atoms with van der Waals surface area (Å²) in [5.74, 6) is -0.245. The maximum atomic E-state index is 12.5. The van der Waals surface area contributed by atoms with Crippen LogP contribution in [0.5, 0.6) is 0 Å². The minimum atomic E-state index is -0.245. The summed E-state index contributed by atoms with van der Waals surface area (Å²) in [5.41, 5.74) is 2.41. The molecule has 0 aliphatic heterocycles. The third-order valence-corrected chi connectivity index (χ3v) is 4.35. The molecule has 4 rings (SSSR count). The van der Waals surface area contributed by atoms with Crippen molar-refractivity contribution < 1.29 is 4.79 Å². The van der Waals surface area contributed by atoms with E-state index in [0.717, 1.165) is 18.5 Å². The van der Waals surface area contributed by atoms with Gasteiger partial charge >= 0.3 is 0 Å². The quantitative estimate of drug-likeness (QED) is 0.772. The average Bonchev–Trinajstić information content (AvgIpc) is 3.36. The van der Waals surface area contributed by atoms with Gasteiger partial charge in [-0.15, -0.1) is 0 Å². The van der Waals surface area contributed by atoms with E-state index in [1.807, 2.05) is 29.1 Å². The summed E-state index contributed by atoms with van der Waals surface area (Å²) in [4.78, 5) is 16.8. The smallest absolute Gasteiger partial charge is 0.276 e. The van der Waals surface area contributed by atoms with Gasteiger partial charge in [0.2, 0.25) is 0 Å². The van der Waals surface area contributed by atoms with Gasteiger partial charge in [0.25, 0.3) is 5.91 Å². The summed E-state index contributed by atoms with van der Waals surface area (Å²) in [6.45, 7) is 0. The van der Waals surface area contributed by atoms with Crippen LogP contribution >= 0.6 is 0 Å². The highest BCUT2D eigenvalue weighted by atomic mass is 16.2. The lowest BCUT2D eigenvalue weighted by molar-refractivity contribution is 0.102. The Balaban J connectivity index is 1.52. The standard InChI is InChI=1S/C17H18N6O/c24-17(14-8-10-23(22-14)12-5-1-2-6-12)20-15-11-19-21-16(15)13-7-3-4-9-18-13/h3-4,7-12H,1-2,5-6H2,(H,19,21)(H,20,24). The Kier molecular flexibility index (Phi) is 3.82. The molecule has 24 heavy (non-hydrogen) atoms. The minimum Gasteiger partial charge on any atom is -0.317 e. The van der Waals surface area contributed by atoms with E-state index in [2.05, 4.69) is 25.6 Å². The molecule has 0 unspecified atom stereocenters. The first kappa shape index (κ1) is 14.6. The van der Waals surface area contributed by atoms with Crippen LogP contribution in [0.4, 0.5) is 5.69 Å². The number of aromatic nitrogens is 5. The maximum Gasteiger partial charge on any atom is 0.276 e. The Hall–Kier alpha value is -2.96. The van der Waals surface area contributed by atoms with Gasteiger partial charge in [-0.25, -0.2) is 0 Å². The van der Waals surface area contributed by atoms with E-state index in [1.54, 1.807) is 18.5 Å². The summed E-state index contributed by atoms with van der Waals surface area (Å²) in [6, 6.07) is 7.77. The molecule has 0 spiro atoms. The molecular formula is C17H18N6O. The van der Waals surface area contributed by atoms with Gasteiger partial charge < -0.3 is 5.32 Å². The van der Waals surface area contributed by atoms with Crippen LogP contribution in [-0.2, 0) is 0 Å². The zero-order chi connectivity index (χ0) is 16.4. The lowest BCUT2D eigenvalue weighted by Gasteiger charge is -2.08. The molecule has 0 saturated heterocycles. The Bertz CT molecular complexity index is 832. The summed E-state index contributed by atoms with van der Waals surface area (Å²) in [7, 11) is 0. The SMILES string of the molecule is O=C(Nc1cn[nH]c1-c1ccccn1)c1ccn(C2CCCC2)n1. The van der Waals surface area contributed by atoms with Crippen molar-refractivity contribution in [3.63, 3.8) is 0 Å². The molecule has 7 nitrogen and oxygen atoms in total. The van der Waals surface area contributed by atoms with Crippen molar-refractivity contribution in [2.24, 2.45) is 0 Å². The number of nitrogens with zero attached hydrogens (tertiary/aromatic N) is 4. The van der Waals surface area contributed by atoms with Crippen molar-refractivity contribution in [2.75, 3.05) is 5.32 Å². The number of anilines is 1. The topological polar surface area (TPSA) is 88.5 Å². The van der Waals surface area contributed by atoms with Crippen LogP contribution in [0.2, 0.25) is 0 Å². The average molecular weight is 322 g/mol. The van der Waals surface area contributed by atoms with Crippen LogP contribution in [0.15, 0.2) is 42.9 Å². The summed E-state index contributed by atoms with van der Waals surface area (Å²) < 4.78 is 1.91. The first-order chi connectivity index (χ1) is 11.8. The molecule has 1 saturated carbocycles. The summed E-state index contributed by atoms with van der Waals surface area (Å²) in [5, 5.41) is 14.2. The molecule has 1 aliphatic rings. The number of carbonyl (C=O) groups is 1. The third kappa shape index (κ3) is 2.80. The highest BCUT2D eigenvalue weighted by Crippen LogP contribution is 2.29.